The van der Waals surface area contributed by atoms with Crippen LogP contribution in [0.25, 0.3) is 16.8 Å². The van der Waals surface area contributed by atoms with E-state index in [1.165, 1.54) is 6.07 Å². The number of hydrogen-bond acceptors (Lipinski definition) is 2. The molecule has 7 heteroatoms. The zero-order valence-electron chi connectivity index (χ0n) is 9.89. The number of benzene rings is 1. The number of aromatic nitrogens is 3. The van der Waals surface area contributed by atoms with Gasteiger partial charge in [0.15, 0.2) is 5.65 Å². The van der Waals surface area contributed by atoms with Crippen molar-refractivity contribution < 1.29 is 13.2 Å². The first-order valence-corrected chi connectivity index (χ1v) is 6.44. The quantitative estimate of drug-likeness (QED) is 0.664. The third-order valence-corrected chi connectivity index (χ3v) is 3.17. The maximum atomic E-state index is 13.0. The first-order chi connectivity index (χ1) is 9.47. The van der Waals surface area contributed by atoms with Crippen molar-refractivity contribution in [3.63, 3.8) is 0 Å². The Morgan fingerprint density at radius 2 is 1.70 bits per heavy atom. The fourth-order valence-electron chi connectivity index (χ4n) is 1.99. The molecule has 0 aliphatic carbocycles. The van der Waals surface area contributed by atoms with Crippen LogP contribution < -0.4 is 0 Å². The van der Waals surface area contributed by atoms with Crippen LogP contribution in [0.3, 0.4) is 0 Å². The smallest absolute Gasteiger partial charge is 0.207 e. The second-order valence-corrected chi connectivity index (χ2v) is 4.82. The molecule has 0 atom stereocenters. The van der Waals surface area contributed by atoms with Gasteiger partial charge in [-0.2, -0.15) is 13.2 Å². The maximum absolute atomic E-state index is 13.0. The second-order valence-electron chi connectivity index (χ2n) is 4.11. The summed E-state index contributed by atoms with van der Waals surface area (Å²) in [6.07, 6.45) is -4.49. The molecule has 0 saturated carbocycles. The molecule has 0 fully saturated rings. The van der Waals surface area contributed by atoms with Gasteiger partial charge in [0.1, 0.15) is 5.69 Å². The van der Waals surface area contributed by atoms with Crippen LogP contribution in [0.5, 0.6) is 0 Å². The van der Waals surface area contributed by atoms with Gasteiger partial charge >= 0.3 is 6.18 Å². The monoisotopic (exact) mass is 341 g/mol. The lowest BCUT2D eigenvalue weighted by Gasteiger charge is -2.10. The van der Waals surface area contributed by atoms with Crippen LogP contribution in [0.15, 0.2) is 47.2 Å². The normalized spacial score (nSPS) is 12.0. The maximum Gasteiger partial charge on any atom is 0.433 e. The van der Waals surface area contributed by atoms with Gasteiger partial charge in [-0.25, -0.2) is 9.50 Å². The highest BCUT2D eigenvalue weighted by Crippen LogP contribution is 2.33. The van der Waals surface area contributed by atoms with Crippen LogP contribution in [-0.4, -0.2) is 14.6 Å². The molecular formula is C13H7BrF3N3. The van der Waals surface area contributed by atoms with E-state index < -0.39 is 11.9 Å². The van der Waals surface area contributed by atoms with Crippen molar-refractivity contribution in [2.45, 2.75) is 6.18 Å². The van der Waals surface area contributed by atoms with Crippen LogP contribution in [0, 0.1) is 0 Å². The molecule has 0 unspecified atom stereocenters. The average molecular weight is 342 g/mol. The summed E-state index contributed by atoms with van der Waals surface area (Å²) in [7, 11) is 0. The van der Waals surface area contributed by atoms with E-state index in [1.54, 1.807) is 0 Å². The highest BCUT2D eigenvalue weighted by Gasteiger charge is 2.35. The van der Waals surface area contributed by atoms with Crippen molar-refractivity contribution in [2.75, 3.05) is 0 Å². The number of hydrogen-bond donors (Lipinski definition) is 0. The molecule has 3 aromatic rings. The molecule has 0 saturated heterocycles. The summed E-state index contributed by atoms with van der Waals surface area (Å²) in [5, 5.41) is 3.77. The van der Waals surface area contributed by atoms with E-state index in [0.29, 0.717) is 5.56 Å². The number of alkyl halides is 3. The van der Waals surface area contributed by atoms with Crippen LogP contribution in [0.1, 0.15) is 5.69 Å². The van der Waals surface area contributed by atoms with E-state index in [9.17, 15) is 13.2 Å². The van der Waals surface area contributed by atoms with E-state index in [4.69, 9.17) is 0 Å². The van der Waals surface area contributed by atoms with Gasteiger partial charge in [-0.15, -0.1) is 5.10 Å². The van der Waals surface area contributed by atoms with Gasteiger partial charge in [-0.1, -0.05) is 30.3 Å². The van der Waals surface area contributed by atoms with Gasteiger partial charge < -0.3 is 0 Å². The Kier molecular flexibility index (Phi) is 3.01. The highest BCUT2D eigenvalue weighted by molar-refractivity contribution is 9.10. The Bertz CT molecular complexity index is 766. The zero-order chi connectivity index (χ0) is 14.3. The van der Waals surface area contributed by atoms with Crippen molar-refractivity contribution in [3.05, 3.63) is 52.9 Å². The summed E-state index contributed by atoms with van der Waals surface area (Å²) in [6, 6.07) is 11.5. The van der Waals surface area contributed by atoms with Gasteiger partial charge in [-0.3, -0.25) is 0 Å². The molecule has 20 heavy (non-hydrogen) atoms. The Morgan fingerprint density at radius 3 is 2.35 bits per heavy atom. The third-order valence-electron chi connectivity index (χ3n) is 2.83. The molecule has 1 aromatic carbocycles. The minimum absolute atomic E-state index is 0.117. The summed E-state index contributed by atoms with van der Waals surface area (Å²) < 4.78 is 39.8. The molecule has 0 amide bonds. The Hall–Kier alpha value is -1.89. The minimum Gasteiger partial charge on any atom is -0.207 e. The van der Waals surface area contributed by atoms with Crippen LogP contribution in [0.2, 0.25) is 0 Å². The Balaban J connectivity index is 2.32. The number of nitrogens with zero attached hydrogens (tertiary/aromatic N) is 3. The van der Waals surface area contributed by atoms with Gasteiger partial charge in [0.2, 0.25) is 4.73 Å². The van der Waals surface area contributed by atoms with E-state index in [1.807, 2.05) is 30.3 Å². The molecule has 0 spiro atoms. The van der Waals surface area contributed by atoms with Gasteiger partial charge in [-0.05, 0) is 33.6 Å². The molecular weight excluding hydrogens is 335 g/mol. The zero-order valence-corrected chi connectivity index (χ0v) is 11.5. The number of pyridine rings is 1. The molecule has 2 aromatic heterocycles. The highest BCUT2D eigenvalue weighted by atomic mass is 79.9. The molecule has 0 radical (unpaired) electrons. The lowest BCUT2D eigenvalue weighted by molar-refractivity contribution is -0.142. The summed E-state index contributed by atoms with van der Waals surface area (Å²) in [5.41, 5.74) is 0.686. The van der Waals surface area contributed by atoms with Crippen LogP contribution in [0.4, 0.5) is 13.2 Å². The molecule has 3 nitrogen and oxygen atoms in total. The largest absolute Gasteiger partial charge is 0.433 e. The lowest BCUT2D eigenvalue weighted by Crippen LogP contribution is -2.12. The first-order valence-electron chi connectivity index (χ1n) is 5.65. The van der Waals surface area contributed by atoms with Crippen molar-refractivity contribution in [1.29, 1.82) is 0 Å². The second kappa shape index (κ2) is 4.59. The van der Waals surface area contributed by atoms with Crippen LogP contribution in [-0.2, 0) is 6.18 Å². The fraction of sp³-hybridized carbons (Fsp3) is 0.0769. The summed E-state index contributed by atoms with van der Waals surface area (Å²) >= 11 is 3.02. The topological polar surface area (TPSA) is 30.2 Å². The van der Waals surface area contributed by atoms with Crippen LogP contribution >= 0.6 is 15.9 Å². The summed E-state index contributed by atoms with van der Waals surface area (Å²) in [5.74, 6) is 0. The van der Waals surface area contributed by atoms with E-state index >= 15 is 0 Å². The SMILES string of the molecule is FC(F)(F)c1ccc(-c2ccccc2)c2nc(Br)nn12. The summed E-state index contributed by atoms with van der Waals surface area (Å²) in [4.78, 5) is 4.03. The molecule has 0 aliphatic heterocycles. The average Bonchev–Trinajstić information content (AvgIpc) is 2.78. The van der Waals surface area contributed by atoms with Crippen molar-refractivity contribution >= 4 is 21.6 Å². The Morgan fingerprint density at radius 1 is 1.00 bits per heavy atom. The molecule has 0 N–H and O–H groups in total. The minimum atomic E-state index is -4.49. The molecule has 2 heterocycles. The van der Waals surface area contributed by atoms with Gasteiger partial charge in [0.25, 0.3) is 0 Å². The predicted molar refractivity (Wildman–Crippen MR) is 71.1 cm³/mol. The Labute approximate surface area is 120 Å². The van der Waals surface area contributed by atoms with Crippen molar-refractivity contribution in [2.24, 2.45) is 0 Å². The molecule has 3 rings (SSSR count). The molecule has 0 aliphatic rings. The van der Waals surface area contributed by atoms with E-state index in [0.717, 1.165) is 16.1 Å². The standard InChI is InChI=1S/C13H7BrF3N3/c14-12-18-11-9(8-4-2-1-3-5-8)6-7-10(13(15,16)17)20(11)19-12/h1-7H. The van der Waals surface area contributed by atoms with Crippen molar-refractivity contribution in [1.82, 2.24) is 14.6 Å². The van der Waals surface area contributed by atoms with Crippen molar-refractivity contribution in [3.8, 4) is 11.1 Å². The molecule has 0 bridgehead atoms. The fourth-order valence-corrected chi connectivity index (χ4v) is 2.32. The number of rotatable bonds is 1. The van der Waals surface area contributed by atoms with Gasteiger partial charge in [0, 0.05) is 5.56 Å². The summed E-state index contributed by atoms with van der Waals surface area (Å²) in [6.45, 7) is 0. The van der Waals surface area contributed by atoms with E-state index in [-0.39, 0.29) is 10.4 Å². The number of halogens is 4. The predicted octanol–water partition coefficient (Wildman–Crippen LogP) is 4.18. The first kappa shape index (κ1) is 13.1. The number of fused-ring (bicyclic) bond motifs is 1. The third kappa shape index (κ3) is 2.18. The molecule has 102 valence electrons. The van der Waals surface area contributed by atoms with Gasteiger partial charge in [0.05, 0.1) is 0 Å². The lowest BCUT2D eigenvalue weighted by atomic mass is 10.1. The van der Waals surface area contributed by atoms with E-state index in [2.05, 4.69) is 26.0 Å².